The van der Waals surface area contributed by atoms with Gasteiger partial charge in [0.25, 0.3) is 0 Å². The largest absolute Gasteiger partial charge is 0.480 e. The van der Waals surface area contributed by atoms with Crippen molar-refractivity contribution in [2.75, 3.05) is 14.1 Å². The van der Waals surface area contributed by atoms with E-state index in [1.807, 2.05) is 0 Å². The van der Waals surface area contributed by atoms with E-state index in [1.54, 1.807) is 14.1 Å². The quantitative estimate of drug-likeness (QED) is 0.764. The first-order valence-corrected chi connectivity index (χ1v) is 5.73. The normalized spacial score (nSPS) is 18.9. The second-order valence-electron chi connectivity index (χ2n) is 4.56. The van der Waals surface area contributed by atoms with Crippen molar-refractivity contribution in [1.82, 2.24) is 10.2 Å². The molecule has 2 amide bonds. The van der Waals surface area contributed by atoms with Gasteiger partial charge in [0.1, 0.15) is 6.04 Å². The maximum absolute atomic E-state index is 11.5. The summed E-state index contributed by atoms with van der Waals surface area (Å²) in [4.78, 5) is 23.9. The summed E-state index contributed by atoms with van der Waals surface area (Å²) in [6, 6.07) is -1.08. The van der Waals surface area contributed by atoms with Crippen LogP contribution in [-0.2, 0) is 4.79 Å². The van der Waals surface area contributed by atoms with Gasteiger partial charge in [0, 0.05) is 14.1 Å². The lowest BCUT2D eigenvalue weighted by molar-refractivity contribution is -0.141. The molecule has 0 spiro atoms. The minimum Gasteiger partial charge on any atom is -0.480 e. The summed E-state index contributed by atoms with van der Waals surface area (Å²) in [5.41, 5.74) is 0. The van der Waals surface area contributed by atoms with Gasteiger partial charge in [-0.25, -0.2) is 9.59 Å². The fourth-order valence-corrected chi connectivity index (χ4v) is 2.11. The molecule has 1 rings (SSSR count). The Kier molecular flexibility index (Phi) is 4.58. The average molecular weight is 228 g/mol. The Bertz CT molecular complexity index is 260. The van der Waals surface area contributed by atoms with Gasteiger partial charge >= 0.3 is 12.0 Å². The van der Waals surface area contributed by atoms with Crippen LogP contribution in [0.3, 0.4) is 0 Å². The molecule has 0 heterocycles. The van der Waals surface area contributed by atoms with Crippen LogP contribution < -0.4 is 5.32 Å². The van der Waals surface area contributed by atoms with Gasteiger partial charge in [0.2, 0.25) is 0 Å². The van der Waals surface area contributed by atoms with Gasteiger partial charge in [-0.1, -0.05) is 19.3 Å². The highest BCUT2D eigenvalue weighted by atomic mass is 16.4. The van der Waals surface area contributed by atoms with E-state index >= 15 is 0 Å². The average Bonchev–Trinajstić information content (AvgIpc) is 2.26. The molecule has 2 N–H and O–H groups in total. The number of nitrogens with one attached hydrogen (secondary N) is 1. The van der Waals surface area contributed by atoms with Crippen LogP contribution in [0.25, 0.3) is 0 Å². The third-order valence-electron chi connectivity index (χ3n) is 3.07. The molecule has 0 aliphatic heterocycles. The molecule has 1 saturated carbocycles. The molecule has 0 aromatic carbocycles. The van der Waals surface area contributed by atoms with E-state index in [0.29, 0.717) is 0 Å². The van der Waals surface area contributed by atoms with Crippen LogP contribution in [0.4, 0.5) is 4.79 Å². The summed E-state index contributed by atoms with van der Waals surface area (Å²) in [6.45, 7) is 0. The molecule has 0 aromatic rings. The number of hydrogen-bond donors (Lipinski definition) is 2. The molecule has 0 bridgehead atoms. The molecule has 5 nitrogen and oxygen atoms in total. The third kappa shape index (κ3) is 3.40. The van der Waals surface area contributed by atoms with Gasteiger partial charge in [0.15, 0.2) is 0 Å². The van der Waals surface area contributed by atoms with Crippen LogP contribution in [0.15, 0.2) is 0 Å². The predicted octanol–water partition coefficient (Wildman–Crippen LogP) is 1.29. The topological polar surface area (TPSA) is 69.6 Å². The van der Waals surface area contributed by atoms with Gasteiger partial charge in [-0.15, -0.1) is 0 Å². The first kappa shape index (κ1) is 12.8. The molecule has 0 radical (unpaired) electrons. The number of carboxylic acids is 1. The molecule has 1 aliphatic carbocycles. The van der Waals surface area contributed by atoms with E-state index < -0.39 is 12.0 Å². The minimum atomic E-state index is -0.929. The maximum Gasteiger partial charge on any atom is 0.326 e. The molecular formula is C11H20N2O3. The first-order valence-electron chi connectivity index (χ1n) is 5.73. The molecule has 1 fully saturated rings. The SMILES string of the molecule is CN(C)C(=O)NC(C(=O)O)C1CCCCC1. The van der Waals surface area contributed by atoms with Crippen LogP contribution >= 0.6 is 0 Å². The van der Waals surface area contributed by atoms with Crippen LogP contribution in [0.1, 0.15) is 32.1 Å². The highest BCUT2D eigenvalue weighted by Gasteiger charge is 2.30. The van der Waals surface area contributed by atoms with Crippen LogP contribution in [0.5, 0.6) is 0 Å². The number of nitrogens with zero attached hydrogens (tertiary/aromatic N) is 1. The zero-order chi connectivity index (χ0) is 12.1. The molecule has 5 heteroatoms. The number of carboxylic acid groups (broad SMARTS) is 1. The Morgan fingerprint density at radius 2 is 1.81 bits per heavy atom. The zero-order valence-corrected chi connectivity index (χ0v) is 9.90. The Labute approximate surface area is 95.8 Å². The molecule has 92 valence electrons. The summed E-state index contributed by atoms with van der Waals surface area (Å²) in [6.07, 6.45) is 5.08. The van der Waals surface area contributed by atoms with Gasteiger partial charge < -0.3 is 15.3 Å². The second-order valence-corrected chi connectivity index (χ2v) is 4.56. The first-order chi connectivity index (χ1) is 7.52. The van der Waals surface area contributed by atoms with E-state index in [2.05, 4.69) is 5.32 Å². The maximum atomic E-state index is 11.5. The molecule has 0 saturated heterocycles. The predicted molar refractivity (Wildman–Crippen MR) is 60.2 cm³/mol. The summed E-state index contributed by atoms with van der Waals surface area (Å²) >= 11 is 0. The number of aliphatic carboxylic acids is 1. The molecule has 1 unspecified atom stereocenters. The summed E-state index contributed by atoms with van der Waals surface area (Å²) in [5, 5.41) is 11.7. The minimum absolute atomic E-state index is 0.0788. The van der Waals surface area contributed by atoms with E-state index in [9.17, 15) is 9.59 Å². The van der Waals surface area contributed by atoms with Crippen molar-refractivity contribution in [2.24, 2.45) is 5.92 Å². The molecule has 0 aromatic heterocycles. The number of rotatable bonds is 3. The standard InChI is InChI=1S/C11H20N2O3/c1-13(2)11(16)12-9(10(14)15)8-6-4-3-5-7-8/h8-9H,3-7H2,1-2H3,(H,12,16)(H,14,15). The second kappa shape index (κ2) is 5.72. The van der Waals surface area contributed by atoms with Gasteiger partial charge in [-0.05, 0) is 18.8 Å². The monoisotopic (exact) mass is 228 g/mol. The van der Waals surface area contributed by atoms with E-state index in [-0.39, 0.29) is 11.9 Å². The van der Waals surface area contributed by atoms with E-state index in [4.69, 9.17) is 5.11 Å². The summed E-state index contributed by atoms with van der Waals surface area (Å²) in [7, 11) is 3.21. The van der Waals surface area contributed by atoms with Crippen LogP contribution in [0, 0.1) is 5.92 Å². The third-order valence-corrected chi connectivity index (χ3v) is 3.07. The number of carbonyl (C=O) groups is 2. The lowest BCUT2D eigenvalue weighted by atomic mass is 9.84. The van der Waals surface area contributed by atoms with Crippen molar-refractivity contribution < 1.29 is 14.7 Å². The number of amides is 2. The van der Waals surface area contributed by atoms with Crippen LogP contribution in [-0.4, -0.2) is 42.1 Å². The fourth-order valence-electron chi connectivity index (χ4n) is 2.11. The molecule has 16 heavy (non-hydrogen) atoms. The van der Waals surface area contributed by atoms with Crippen molar-refractivity contribution in [1.29, 1.82) is 0 Å². The smallest absolute Gasteiger partial charge is 0.326 e. The van der Waals surface area contributed by atoms with Crippen LogP contribution in [0.2, 0.25) is 0 Å². The van der Waals surface area contributed by atoms with Gasteiger partial charge in [-0.2, -0.15) is 0 Å². The van der Waals surface area contributed by atoms with Crippen molar-refractivity contribution >= 4 is 12.0 Å². The van der Waals surface area contributed by atoms with Crippen molar-refractivity contribution in [3.8, 4) is 0 Å². The number of hydrogen-bond acceptors (Lipinski definition) is 2. The molecular weight excluding hydrogens is 208 g/mol. The Morgan fingerprint density at radius 3 is 2.25 bits per heavy atom. The summed E-state index contributed by atoms with van der Waals surface area (Å²) < 4.78 is 0. The van der Waals surface area contributed by atoms with Crippen molar-refractivity contribution in [2.45, 2.75) is 38.1 Å². The zero-order valence-electron chi connectivity index (χ0n) is 9.90. The fraction of sp³-hybridized carbons (Fsp3) is 0.818. The molecule has 1 atom stereocenters. The van der Waals surface area contributed by atoms with E-state index in [0.717, 1.165) is 25.7 Å². The highest BCUT2D eigenvalue weighted by Crippen LogP contribution is 2.26. The van der Waals surface area contributed by atoms with E-state index in [1.165, 1.54) is 11.3 Å². The molecule has 1 aliphatic rings. The van der Waals surface area contributed by atoms with Gasteiger partial charge in [0.05, 0.1) is 0 Å². The Morgan fingerprint density at radius 1 is 1.25 bits per heavy atom. The number of carbonyl (C=O) groups excluding carboxylic acids is 1. The van der Waals surface area contributed by atoms with Crippen molar-refractivity contribution in [3.05, 3.63) is 0 Å². The van der Waals surface area contributed by atoms with Gasteiger partial charge in [-0.3, -0.25) is 0 Å². The van der Waals surface area contributed by atoms with Crippen molar-refractivity contribution in [3.63, 3.8) is 0 Å². The Hall–Kier alpha value is -1.26. The Balaban J connectivity index is 2.59. The lowest BCUT2D eigenvalue weighted by Crippen LogP contribution is -2.49. The highest BCUT2D eigenvalue weighted by molar-refractivity contribution is 5.82. The lowest BCUT2D eigenvalue weighted by Gasteiger charge is -2.28. The summed E-state index contributed by atoms with van der Waals surface area (Å²) in [5.74, 6) is -0.850. The number of urea groups is 1.